The molecule has 0 aliphatic carbocycles. The van der Waals surface area contributed by atoms with E-state index >= 15 is 0 Å². The molecular formula is C12H12N4O2S. The van der Waals surface area contributed by atoms with Gasteiger partial charge >= 0.3 is 5.00 Å². The molecule has 0 unspecified atom stereocenters. The van der Waals surface area contributed by atoms with Crippen molar-refractivity contribution in [3.8, 4) is 0 Å². The van der Waals surface area contributed by atoms with Gasteiger partial charge in [0.2, 0.25) is 0 Å². The van der Waals surface area contributed by atoms with E-state index in [1.54, 1.807) is 0 Å². The Balaban J connectivity index is 1.88. The zero-order chi connectivity index (χ0) is 13.4. The van der Waals surface area contributed by atoms with E-state index in [1.807, 2.05) is 17.0 Å². The van der Waals surface area contributed by atoms with Crippen molar-refractivity contribution in [2.24, 2.45) is 0 Å². The number of hydrogen-bond acceptors (Lipinski definition) is 6. The molecule has 0 fully saturated rings. The van der Waals surface area contributed by atoms with Gasteiger partial charge in [-0.25, -0.2) is 4.98 Å². The van der Waals surface area contributed by atoms with Crippen molar-refractivity contribution in [3.63, 3.8) is 0 Å². The molecule has 0 amide bonds. The molecule has 1 aromatic heterocycles. The van der Waals surface area contributed by atoms with E-state index < -0.39 is 4.92 Å². The van der Waals surface area contributed by atoms with Crippen LogP contribution in [0.5, 0.6) is 0 Å². The van der Waals surface area contributed by atoms with Crippen molar-refractivity contribution in [1.82, 2.24) is 4.98 Å². The molecule has 1 aromatic carbocycles. The second-order valence-corrected chi connectivity index (χ2v) is 5.38. The number of nitrogen functional groups attached to an aromatic ring is 1. The Morgan fingerprint density at radius 3 is 3.05 bits per heavy atom. The Kier molecular flexibility index (Phi) is 2.83. The predicted octanol–water partition coefficient (Wildman–Crippen LogP) is 2.20. The van der Waals surface area contributed by atoms with Crippen LogP contribution < -0.4 is 10.6 Å². The van der Waals surface area contributed by atoms with Crippen LogP contribution in [0.2, 0.25) is 0 Å². The van der Waals surface area contributed by atoms with Crippen LogP contribution in [0.4, 0.5) is 15.8 Å². The molecule has 19 heavy (non-hydrogen) atoms. The van der Waals surface area contributed by atoms with Crippen LogP contribution in [-0.4, -0.2) is 16.5 Å². The minimum absolute atomic E-state index is 0.0711. The lowest BCUT2D eigenvalue weighted by Crippen LogP contribution is -2.30. The van der Waals surface area contributed by atoms with Crippen LogP contribution in [0.15, 0.2) is 24.4 Å². The molecule has 0 atom stereocenters. The highest BCUT2D eigenvalue weighted by atomic mass is 32.1. The Morgan fingerprint density at radius 2 is 2.32 bits per heavy atom. The van der Waals surface area contributed by atoms with Crippen LogP contribution in [0.3, 0.4) is 0 Å². The summed E-state index contributed by atoms with van der Waals surface area (Å²) in [7, 11) is 0. The highest BCUT2D eigenvalue weighted by Crippen LogP contribution is 2.33. The molecular weight excluding hydrogens is 264 g/mol. The molecule has 2 aromatic rings. The number of nitro groups is 1. The first kappa shape index (κ1) is 11.9. The van der Waals surface area contributed by atoms with Gasteiger partial charge in [0.25, 0.3) is 0 Å². The molecule has 0 saturated carbocycles. The van der Waals surface area contributed by atoms with Gasteiger partial charge in [-0.15, -0.1) is 0 Å². The molecule has 3 rings (SSSR count). The number of benzene rings is 1. The van der Waals surface area contributed by atoms with Crippen LogP contribution in [0, 0.1) is 10.1 Å². The topological polar surface area (TPSA) is 85.3 Å². The van der Waals surface area contributed by atoms with Crippen LogP contribution in [0.1, 0.15) is 11.1 Å². The van der Waals surface area contributed by atoms with Crippen molar-refractivity contribution in [1.29, 1.82) is 0 Å². The van der Waals surface area contributed by atoms with Gasteiger partial charge in [0.1, 0.15) is 6.20 Å². The van der Waals surface area contributed by atoms with Crippen molar-refractivity contribution >= 4 is 27.2 Å². The third-order valence-corrected chi connectivity index (χ3v) is 4.25. The second-order valence-electron chi connectivity index (χ2n) is 4.39. The fourth-order valence-electron chi connectivity index (χ4n) is 2.26. The molecule has 6 nitrogen and oxygen atoms in total. The van der Waals surface area contributed by atoms with Crippen molar-refractivity contribution in [2.45, 2.75) is 13.0 Å². The number of hydrogen-bond donors (Lipinski definition) is 1. The maximum Gasteiger partial charge on any atom is 0.345 e. The minimum Gasteiger partial charge on any atom is -0.398 e. The van der Waals surface area contributed by atoms with Crippen molar-refractivity contribution in [2.75, 3.05) is 17.2 Å². The van der Waals surface area contributed by atoms with E-state index in [-0.39, 0.29) is 5.00 Å². The number of anilines is 2. The second kappa shape index (κ2) is 4.51. The van der Waals surface area contributed by atoms with Crippen LogP contribution in [0.25, 0.3) is 0 Å². The molecule has 0 spiro atoms. The molecule has 0 saturated heterocycles. The molecule has 1 aliphatic heterocycles. The highest BCUT2D eigenvalue weighted by molar-refractivity contribution is 7.18. The average Bonchev–Trinajstić information content (AvgIpc) is 2.89. The van der Waals surface area contributed by atoms with Gasteiger partial charge in [-0.3, -0.25) is 10.1 Å². The van der Waals surface area contributed by atoms with Gasteiger partial charge in [0, 0.05) is 18.8 Å². The summed E-state index contributed by atoms with van der Waals surface area (Å²) in [5.74, 6) is 0. The molecule has 2 heterocycles. The van der Waals surface area contributed by atoms with Crippen molar-refractivity contribution < 1.29 is 4.92 Å². The zero-order valence-corrected chi connectivity index (χ0v) is 10.9. The Bertz CT molecular complexity index is 640. The number of nitrogens with zero attached hydrogens (tertiary/aromatic N) is 3. The lowest BCUT2D eigenvalue weighted by Gasteiger charge is -2.29. The Morgan fingerprint density at radius 1 is 1.47 bits per heavy atom. The van der Waals surface area contributed by atoms with E-state index in [1.165, 1.54) is 11.8 Å². The number of nitrogens with two attached hydrogens (primary N) is 1. The fourth-order valence-corrected chi connectivity index (χ4v) is 3.01. The molecule has 0 bridgehead atoms. The van der Waals surface area contributed by atoms with Gasteiger partial charge in [0.15, 0.2) is 5.13 Å². The van der Waals surface area contributed by atoms with E-state index in [9.17, 15) is 10.1 Å². The summed E-state index contributed by atoms with van der Waals surface area (Å²) in [6.07, 6.45) is 2.19. The van der Waals surface area contributed by atoms with Gasteiger partial charge in [-0.2, -0.15) is 0 Å². The van der Waals surface area contributed by atoms with E-state index in [0.29, 0.717) is 11.7 Å². The molecule has 1 aliphatic rings. The standard InChI is InChI=1S/C12H12N4O2S/c13-10-3-1-2-8-4-5-15(7-9(8)10)12-14-6-11(19-12)16(17)18/h1-3,6H,4-5,7,13H2. The maximum absolute atomic E-state index is 10.7. The van der Waals surface area contributed by atoms with Crippen LogP contribution in [-0.2, 0) is 13.0 Å². The normalized spacial score (nSPS) is 14.2. The third-order valence-electron chi connectivity index (χ3n) is 3.24. The summed E-state index contributed by atoms with van der Waals surface area (Å²) in [4.78, 5) is 16.4. The van der Waals surface area contributed by atoms with Gasteiger partial charge in [0.05, 0.1) is 4.92 Å². The summed E-state index contributed by atoms with van der Waals surface area (Å²) in [6.45, 7) is 1.47. The number of thiazole rings is 1. The predicted molar refractivity (Wildman–Crippen MR) is 74.4 cm³/mol. The van der Waals surface area contributed by atoms with E-state index in [0.717, 1.165) is 35.6 Å². The van der Waals surface area contributed by atoms with Crippen LogP contribution >= 0.6 is 11.3 Å². The van der Waals surface area contributed by atoms with Gasteiger partial charge < -0.3 is 10.6 Å². The molecule has 98 valence electrons. The minimum atomic E-state index is -0.409. The fraction of sp³-hybridized carbons (Fsp3) is 0.250. The molecule has 7 heteroatoms. The Labute approximate surface area is 113 Å². The molecule has 2 N–H and O–H groups in total. The zero-order valence-electron chi connectivity index (χ0n) is 10.1. The summed E-state index contributed by atoms with van der Waals surface area (Å²) < 4.78 is 0. The van der Waals surface area contributed by atoms with Gasteiger partial charge in [-0.1, -0.05) is 12.1 Å². The summed E-state index contributed by atoms with van der Waals surface area (Å²) in [5.41, 5.74) is 9.11. The summed E-state index contributed by atoms with van der Waals surface area (Å²) in [6, 6.07) is 5.91. The monoisotopic (exact) mass is 276 g/mol. The first-order valence-electron chi connectivity index (χ1n) is 5.86. The maximum atomic E-state index is 10.7. The largest absolute Gasteiger partial charge is 0.398 e. The number of rotatable bonds is 2. The van der Waals surface area contributed by atoms with Crippen molar-refractivity contribution in [3.05, 3.63) is 45.6 Å². The quantitative estimate of drug-likeness (QED) is 0.516. The van der Waals surface area contributed by atoms with Gasteiger partial charge in [-0.05, 0) is 35.0 Å². The lowest BCUT2D eigenvalue weighted by molar-refractivity contribution is -0.380. The smallest absolute Gasteiger partial charge is 0.345 e. The third kappa shape index (κ3) is 2.12. The summed E-state index contributed by atoms with van der Waals surface area (Å²) >= 11 is 1.10. The number of fused-ring (bicyclic) bond motifs is 1. The molecule has 0 radical (unpaired) electrons. The highest BCUT2D eigenvalue weighted by Gasteiger charge is 2.22. The van der Waals surface area contributed by atoms with E-state index in [2.05, 4.69) is 11.1 Å². The number of aromatic nitrogens is 1. The summed E-state index contributed by atoms with van der Waals surface area (Å²) in [5, 5.41) is 11.4. The first-order chi connectivity index (χ1) is 9.15. The van der Waals surface area contributed by atoms with E-state index in [4.69, 9.17) is 5.73 Å². The Hall–Kier alpha value is -2.15. The SMILES string of the molecule is Nc1cccc2c1CN(c1ncc([N+](=O)[O-])s1)CC2. The lowest BCUT2D eigenvalue weighted by atomic mass is 9.98. The first-order valence-corrected chi connectivity index (χ1v) is 6.68. The average molecular weight is 276 g/mol.